The fourth-order valence-corrected chi connectivity index (χ4v) is 4.37. The molecule has 33 heavy (non-hydrogen) atoms. The molecule has 0 aliphatic heterocycles. The van der Waals surface area contributed by atoms with Crippen LogP contribution in [0.4, 0.5) is 0 Å². The number of rotatable bonds is 11. The van der Waals surface area contributed by atoms with Gasteiger partial charge in [-0.3, -0.25) is 0 Å². The molecule has 0 radical (unpaired) electrons. The van der Waals surface area contributed by atoms with Crippen molar-refractivity contribution in [2.45, 2.75) is 37.9 Å². The highest BCUT2D eigenvalue weighted by Gasteiger charge is 2.17. The van der Waals surface area contributed by atoms with E-state index in [1.165, 1.54) is 22.3 Å². The van der Waals surface area contributed by atoms with Crippen molar-refractivity contribution in [2.24, 2.45) is 0 Å². The summed E-state index contributed by atoms with van der Waals surface area (Å²) in [6, 6.07) is 43.9. The average molecular weight is 435 g/mol. The maximum atomic E-state index is 3.89. The molecule has 4 aromatic rings. The highest BCUT2D eigenvalue weighted by molar-refractivity contribution is 5.25. The lowest BCUT2D eigenvalue weighted by atomic mass is 9.97. The zero-order valence-corrected chi connectivity index (χ0v) is 19.4. The second kappa shape index (κ2) is 12.2. The van der Waals surface area contributed by atoms with Gasteiger partial charge in [-0.05, 0) is 42.0 Å². The number of benzene rings is 4. The molecule has 0 heterocycles. The standard InChI is InChI=1S/C31H34N2/c1-25(33-31(29-20-12-5-13-21-29)23-27-16-8-3-9-17-27)24-32-30(28-18-10-4-11-19-28)22-26-14-6-2-7-15-26/h2-21,25,30-33H,22-24H2,1H3/t25-,30+,31-/m0/s1. The van der Waals surface area contributed by atoms with Gasteiger partial charge < -0.3 is 10.6 Å². The molecule has 0 saturated heterocycles. The van der Waals surface area contributed by atoms with Gasteiger partial charge in [-0.15, -0.1) is 0 Å². The first-order chi connectivity index (χ1) is 16.3. The summed E-state index contributed by atoms with van der Waals surface area (Å²) in [6.45, 7) is 3.17. The molecule has 2 heteroatoms. The van der Waals surface area contributed by atoms with Gasteiger partial charge in [0.2, 0.25) is 0 Å². The second-order valence-corrected chi connectivity index (χ2v) is 8.78. The fourth-order valence-electron chi connectivity index (χ4n) is 4.37. The van der Waals surface area contributed by atoms with E-state index in [-0.39, 0.29) is 12.1 Å². The molecule has 0 unspecified atom stereocenters. The molecular weight excluding hydrogens is 400 g/mol. The topological polar surface area (TPSA) is 24.1 Å². The lowest BCUT2D eigenvalue weighted by Crippen LogP contribution is -2.40. The molecule has 2 nitrogen and oxygen atoms in total. The smallest absolute Gasteiger partial charge is 0.0363 e. The van der Waals surface area contributed by atoms with Crippen LogP contribution < -0.4 is 10.6 Å². The van der Waals surface area contributed by atoms with Crippen molar-refractivity contribution in [3.05, 3.63) is 144 Å². The quantitative estimate of drug-likeness (QED) is 0.281. The first-order valence-electron chi connectivity index (χ1n) is 11.9. The van der Waals surface area contributed by atoms with E-state index in [1.54, 1.807) is 0 Å². The third-order valence-electron chi connectivity index (χ3n) is 6.13. The van der Waals surface area contributed by atoms with Crippen LogP contribution in [0, 0.1) is 0 Å². The lowest BCUT2D eigenvalue weighted by Gasteiger charge is -2.27. The van der Waals surface area contributed by atoms with Crippen molar-refractivity contribution in [3.8, 4) is 0 Å². The summed E-state index contributed by atoms with van der Waals surface area (Å²) >= 11 is 0. The summed E-state index contributed by atoms with van der Waals surface area (Å²) in [6.07, 6.45) is 1.95. The van der Waals surface area contributed by atoms with E-state index in [1.807, 2.05) is 0 Å². The predicted octanol–water partition coefficient (Wildman–Crippen LogP) is 6.52. The second-order valence-electron chi connectivity index (χ2n) is 8.78. The van der Waals surface area contributed by atoms with E-state index < -0.39 is 0 Å². The first-order valence-corrected chi connectivity index (χ1v) is 11.9. The van der Waals surface area contributed by atoms with Gasteiger partial charge in [-0.2, -0.15) is 0 Å². The lowest BCUT2D eigenvalue weighted by molar-refractivity contribution is 0.407. The van der Waals surface area contributed by atoms with Crippen LogP contribution in [-0.4, -0.2) is 12.6 Å². The third kappa shape index (κ3) is 7.15. The molecule has 0 spiro atoms. The van der Waals surface area contributed by atoms with Crippen LogP contribution >= 0.6 is 0 Å². The van der Waals surface area contributed by atoms with Gasteiger partial charge in [-0.1, -0.05) is 121 Å². The van der Waals surface area contributed by atoms with Gasteiger partial charge in [0, 0.05) is 24.7 Å². The monoisotopic (exact) mass is 434 g/mol. The third-order valence-corrected chi connectivity index (χ3v) is 6.13. The van der Waals surface area contributed by atoms with Crippen molar-refractivity contribution < 1.29 is 0 Å². The highest BCUT2D eigenvalue weighted by atomic mass is 15.0. The van der Waals surface area contributed by atoms with Crippen LogP contribution in [-0.2, 0) is 12.8 Å². The molecule has 2 N–H and O–H groups in total. The highest BCUT2D eigenvalue weighted by Crippen LogP contribution is 2.21. The van der Waals surface area contributed by atoms with Crippen molar-refractivity contribution in [2.75, 3.05) is 6.54 Å². The van der Waals surface area contributed by atoms with Gasteiger partial charge in [0.25, 0.3) is 0 Å². The Morgan fingerprint density at radius 3 is 1.39 bits per heavy atom. The van der Waals surface area contributed by atoms with E-state index in [2.05, 4.69) is 139 Å². The Labute approximate surface area is 198 Å². The molecular formula is C31H34N2. The summed E-state index contributed by atoms with van der Waals surface area (Å²) in [7, 11) is 0. The maximum absolute atomic E-state index is 3.89. The molecule has 0 fully saturated rings. The SMILES string of the molecule is C[C@@H](CN[C@H](Cc1ccccc1)c1ccccc1)N[C@@H](Cc1ccccc1)c1ccccc1. The van der Waals surface area contributed by atoms with Crippen LogP contribution in [0.15, 0.2) is 121 Å². The Kier molecular flexibility index (Phi) is 8.46. The summed E-state index contributed by atoms with van der Waals surface area (Å²) in [5.74, 6) is 0. The van der Waals surface area contributed by atoms with Crippen LogP contribution in [0.5, 0.6) is 0 Å². The Morgan fingerprint density at radius 2 is 0.909 bits per heavy atom. The summed E-state index contributed by atoms with van der Waals surface area (Å²) < 4.78 is 0. The molecule has 0 amide bonds. The van der Waals surface area contributed by atoms with Gasteiger partial charge in [0.1, 0.15) is 0 Å². The minimum Gasteiger partial charge on any atom is -0.308 e. The molecule has 168 valence electrons. The van der Waals surface area contributed by atoms with Crippen molar-refractivity contribution in [1.29, 1.82) is 0 Å². The Morgan fingerprint density at radius 1 is 0.515 bits per heavy atom. The first kappa shape index (κ1) is 23.0. The van der Waals surface area contributed by atoms with Gasteiger partial charge in [0.15, 0.2) is 0 Å². The molecule has 3 atom stereocenters. The molecule has 0 aromatic heterocycles. The Hall–Kier alpha value is -3.20. The number of hydrogen-bond acceptors (Lipinski definition) is 2. The Balaban J connectivity index is 1.43. The minimum absolute atomic E-state index is 0.273. The van der Waals surface area contributed by atoms with Crippen LogP contribution in [0.1, 0.15) is 41.3 Å². The molecule has 0 bridgehead atoms. The van der Waals surface area contributed by atoms with Crippen molar-refractivity contribution in [1.82, 2.24) is 10.6 Å². The Bertz CT molecular complexity index is 1050. The zero-order chi connectivity index (χ0) is 22.7. The van der Waals surface area contributed by atoms with E-state index in [0.717, 1.165) is 19.4 Å². The fraction of sp³-hybridized carbons (Fsp3) is 0.226. The largest absolute Gasteiger partial charge is 0.308 e. The van der Waals surface area contributed by atoms with Crippen molar-refractivity contribution in [3.63, 3.8) is 0 Å². The summed E-state index contributed by atoms with van der Waals surface area (Å²) in [4.78, 5) is 0. The maximum Gasteiger partial charge on any atom is 0.0363 e. The van der Waals surface area contributed by atoms with Crippen LogP contribution in [0.3, 0.4) is 0 Å². The predicted molar refractivity (Wildman–Crippen MR) is 139 cm³/mol. The number of nitrogens with one attached hydrogen (secondary N) is 2. The van der Waals surface area contributed by atoms with Crippen LogP contribution in [0.25, 0.3) is 0 Å². The normalized spacial score (nSPS) is 13.8. The molecule has 4 rings (SSSR count). The van der Waals surface area contributed by atoms with Gasteiger partial charge in [0.05, 0.1) is 0 Å². The van der Waals surface area contributed by atoms with Gasteiger partial charge >= 0.3 is 0 Å². The van der Waals surface area contributed by atoms with E-state index in [9.17, 15) is 0 Å². The molecule has 0 aliphatic carbocycles. The molecule has 4 aromatic carbocycles. The molecule has 0 aliphatic rings. The zero-order valence-electron chi connectivity index (χ0n) is 19.4. The molecule has 0 saturated carbocycles. The van der Waals surface area contributed by atoms with E-state index >= 15 is 0 Å². The van der Waals surface area contributed by atoms with E-state index in [0.29, 0.717) is 6.04 Å². The summed E-state index contributed by atoms with van der Waals surface area (Å²) in [5, 5.41) is 7.73. The van der Waals surface area contributed by atoms with E-state index in [4.69, 9.17) is 0 Å². The van der Waals surface area contributed by atoms with Crippen molar-refractivity contribution >= 4 is 0 Å². The number of hydrogen-bond donors (Lipinski definition) is 2. The van der Waals surface area contributed by atoms with Gasteiger partial charge in [-0.25, -0.2) is 0 Å². The van der Waals surface area contributed by atoms with Crippen LogP contribution in [0.2, 0.25) is 0 Å². The average Bonchev–Trinajstić information content (AvgIpc) is 2.88. The minimum atomic E-state index is 0.273. The summed E-state index contributed by atoms with van der Waals surface area (Å²) in [5.41, 5.74) is 5.37.